The van der Waals surface area contributed by atoms with E-state index in [4.69, 9.17) is 16.3 Å². The van der Waals surface area contributed by atoms with Crippen LogP contribution in [0.1, 0.15) is 17.5 Å². The van der Waals surface area contributed by atoms with Crippen LogP contribution in [0.5, 0.6) is 5.75 Å². The Morgan fingerprint density at radius 2 is 2.04 bits per heavy atom. The van der Waals surface area contributed by atoms with Gasteiger partial charge in [0.05, 0.1) is 23.7 Å². The third-order valence-corrected chi connectivity index (χ3v) is 4.84. The molecule has 0 bridgehead atoms. The molecule has 26 heavy (non-hydrogen) atoms. The zero-order chi connectivity index (χ0) is 18.8. The summed E-state index contributed by atoms with van der Waals surface area (Å²) in [4.78, 5) is 26.7. The third-order valence-electron chi connectivity index (χ3n) is 4.54. The van der Waals surface area contributed by atoms with E-state index in [-0.39, 0.29) is 18.2 Å². The third kappa shape index (κ3) is 3.68. The van der Waals surface area contributed by atoms with Gasteiger partial charge in [0.2, 0.25) is 11.8 Å². The number of anilines is 2. The molecular formula is C20H21ClN2O3. The molecule has 3 rings (SSSR count). The predicted molar refractivity (Wildman–Crippen MR) is 103 cm³/mol. The number of benzene rings is 2. The molecule has 0 aliphatic carbocycles. The molecule has 136 valence electrons. The van der Waals surface area contributed by atoms with Crippen molar-refractivity contribution in [1.82, 2.24) is 0 Å². The van der Waals surface area contributed by atoms with E-state index >= 15 is 0 Å². The number of nitrogens with zero attached hydrogens (tertiary/aromatic N) is 1. The maximum atomic E-state index is 12.7. The summed E-state index contributed by atoms with van der Waals surface area (Å²) >= 11 is 6.27. The van der Waals surface area contributed by atoms with E-state index < -0.39 is 5.92 Å². The van der Waals surface area contributed by atoms with Crippen LogP contribution in [0.4, 0.5) is 11.4 Å². The lowest BCUT2D eigenvalue weighted by Gasteiger charge is -2.18. The molecule has 0 saturated carbocycles. The molecular weight excluding hydrogens is 352 g/mol. The van der Waals surface area contributed by atoms with E-state index in [2.05, 4.69) is 5.32 Å². The van der Waals surface area contributed by atoms with Crippen LogP contribution in [0.2, 0.25) is 5.02 Å². The van der Waals surface area contributed by atoms with E-state index in [1.165, 1.54) is 0 Å². The van der Waals surface area contributed by atoms with Gasteiger partial charge in [-0.25, -0.2) is 0 Å². The summed E-state index contributed by atoms with van der Waals surface area (Å²) in [6.07, 6.45) is 0.172. The highest BCUT2D eigenvalue weighted by atomic mass is 35.5. The molecule has 6 heteroatoms. The molecule has 0 spiro atoms. The Labute approximate surface area is 157 Å². The van der Waals surface area contributed by atoms with Crippen LogP contribution in [-0.4, -0.2) is 25.5 Å². The van der Waals surface area contributed by atoms with E-state index in [0.29, 0.717) is 23.0 Å². The van der Waals surface area contributed by atoms with Crippen molar-refractivity contribution in [3.8, 4) is 5.75 Å². The Hall–Kier alpha value is -2.53. The maximum Gasteiger partial charge on any atom is 0.229 e. The molecule has 1 atom stereocenters. The monoisotopic (exact) mass is 372 g/mol. The molecule has 2 aromatic carbocycles. The lowest BCUT2D eigenvalue weighted by atomic mass is 10.1. The van der Waals surface area contributed by atoms with Gasteiger partial charge < -0.3 is 15.0 Å². The SMILES string of the molecule is COc1cccc(N2CC(C(=O)Nc3c(C)cc(C)cc3Cl)CC2=O)c1. The van der Waals surface area contributed by atoms with Crippen LogP contribution in [-0.2, 0) is 9.59 Å². The largest absolute Gasteiger partial charge is 0.497 e. The van der Waals surface area contributed by atoms with Crippen LogP contribution < -0.4 is 15.0 Å². The minimum Gasteiger partial charge on any atom is -0.497 e. The normalized spacial score (nSPS) is 16.7. The van der Waals surface area contributed by atoms with E-state index in [1.807, 2.05) is 44.2 Å². The summed E-state index contributed by atoms with van der Waals surface area (Å²) in [6.45, 7) is 4.18. The molecule has 5 nitrogen and oxygen atoms in total. The standard InChI is InChI=1S/C20H21ClN2O3/c1-12-7-13(2)19(17(21)8-12)22-20(25)14-9-18(24)23(11-14)15-5-4-6-16(10-15)26-3/h4-8,10,14H,9,11H2,1-3H3,(H,22,25). The number of rotatable bonds is 4. The lowest BCUT2D eigenvalue weighted by molar-refractivity contribution is -0.122. The average Bonchev–Trinajstić information content (AvgIpc) is 3.00. The highest BCUT2D eigenvalue weighted by molar-refractivity contribution is 6.34. The van der Waals surface area contributed by atoms with Crippen molar-refractivity contribution in [1.29, 1.82) is 0 Å². The molecule has 1 fully saturated rings. The van der Waals surface area contributed by atoms with Crippen LogP contribution in [0, 0.1) is 19.8 Å². The predicted octanol–water partition coefficient (Wildman–Crippen LogP) is 3.96. The van der Waals surface area contributed by atoms with Gasteiger partial charge >= 0.3 is 0 Å². The fourth-order valence-electron chi connectivity index (χ4n) is 3.21. The van der Waals surface area contributed by atoms with Crippen LogP contribution in [0.3, 0.4) is 0 Å². The highest BCUT2D eigenvalue weighted by Gasteiger charge is 2.35. The quantitative estimate of drug-likeness (QED) is 0.883. The molecule has 1 aliphatic rings. The van der Waals surface area contributed by atoms with Gasteiger partial charge in [-0.15, -0.1) is 0 Å². The van der Waals surface area contributed by atoms with Gasteiger partial charge in [0.15, 0.2) is 0 Å². The minimum absolute atomic E-state index is 0.0786. The number of nitrogens with one attached hydrogen (secondary N) is 1. The second-order valence-electron chi connectivity index (χ2n) is 6.53. The number of hydrogen-bond donors (Lipinski definition) is 1. The molecule has 1 heterocycles. The zero-order valence-electron chi connectivity index (χ0n) is 15.0. The smallest absolute Gasteiger partial charge is 0.229 e. The molecule has 1 N–H and O–H groups in total. The summed E-state index contributed by atoms with van der Waals surface area (Å²) in [5.41, 5.74) is 3.27. The maximum absolute atomic E-state index is 12.7. The van der Waals surface area contributed by atoms with Gasteiger partial charge in [0, 0.05) is 24.7 Å². The van der Waals surface area contributed by atoms with Gasteiger partial charge in [0.25, 0.3) is 0 Å². The van der Waals surface area contributed by atoms with Crippen molar-refractivity contribution in [2.75, 3.05) is 23.9 Å². The van der Waals surface area contributed by atoms with Crippen LogP contribution in [0.15, 0.2) is 36.4 Å². The zero-order valence-corrected chi connectivity index (χ0v) is 15.8. The van der Waals surface area contributed by atoms with Gasteiger partial charge in [0.1, 0.15) is 5.75 Å². The van der Waals surface area contributed by atoms with E-state index in [0.717, 1.165) is 16.8 Å². The minimum atomic E-state index is -0.425. The highest BCUT2D eigenvalue weighted by Crippen LogP contribution is 2.31. The van der Waals surface area contributed by atoms with Gasteiger partial charge in [-0.3, -0.25) is 9.59 Å². The molecule has 1 aliphatic heterocycles. The molecule has 0 aromatic heterocycles. The Bertz CT molecular complexity index is 843. The van der Waals surface area contributed by atoms with Crippen LogP contribution in [0.25, 0.3) is 0 Å². The summed E-state index contributed by atoms with van der Waals surface area (Å²) in [5.74, 6) is -0.0292. The molecule has 2 aromatic rings. The fourth-order valence-corrected chi connectivity index (χ4v) is 3.58. The Balaban J connectivity index is 1.75. The second-order valence-corrected chi connectivity index (χ2v) is 6.94. The van der Waals surface area contributed by atoms with Crippen molar-refractivity contribution in [3.05, 3.63) is 52.5 Å². The molecule has 1 unspecified atom stereocenters. The molecule has 1 saturated heterocycles. The van der Waals surface area contributed by atoms with Crippen molar-refractivity contribution in [2.24, 2.45) is 5.92 Å². The first-order chi connectivity index (χ1) is 12.4. The van der Waals surface area contributed by atoms with Gasteiger partial charge in [-0.05, 0) is 43.2 Å². The topological polar surface area (TPSA) is 58.6 Å². The molecule has 0 radical (unpaired) electrons. The van der Waals surface area contributed by atoms with Crippen LogP contribution >= 0.6 is 11.6 Å². The lowest BCUT2D eigenvalue weighted by Crippen LogP contribution is -2.28. The second kappa shape index (κ2) is 7.38. The van der Waals surface area contributed by atoms with Crippen molar-refractivity contribution in [2.45, 2.75) is 20.3 Å². The van der Waals surface area contributed by atoms with Crippen molar-refractivity contribution in [3.63, 3.8) is 0 Å². The average molecular weight is 373 g/mol. The first-order valence-electron chi connectivity index (χ1n) is 8.41. The molecule has 2 amide bonds. The number of amides is 2. The number of hydrogen-bond acceptors (Lipinski definition) is 3. The van der Waals surface area contributed by atoms with E-state index in [1.54, 1.807) is 18.1 Å². The Morgan fingerprint density at radius 3 is 2.73 bits per heavy atom. The summed E-state index contributed by atoms with van der Waals surface area (Å²) in [6, 6.07) is 11.0. The number of halogens is 1. The number of aryl methyl sites for hydroxylation is 2. The number of ether oxygens (including phenoxy) is 1. The summed E-state index contributed by atoms with van der Waals surface area (Å²) < 4.78 is 5.21. The van der Waals surface area contributed by atoms with Gasteiger partial charge in [-0.1, -0.05) is 23.7 Å². The first kappa shape index (κ1) is 18.3. The fraction of sp³-hybridized carbons (Fsp3) is 0.300. The van der Waals surface area contributed by atoms with Crippen molar-refractivity contribution >= 4 is 34.8 Å². The first-order valence-corrected chi connectivity index (χ1v) is 8.79. The summed E-state index contributed by atoms with van der Waals surface area (Å²) in [5, 5.41) is 3.39. The Kier molecular flexibility index (Phi) is 5.18. The number of methoxy groups -OCH3 is 1. The number of carbonyl (C=O) groups is 2. The van der Waals surface area contributed by atoms with Gasteiger partial charge in [-0.2, -0.15) is 0 Å². The van der Waals surface area contributed by atoms with E-state index in [9.17, 15) is 9.59 Å². The van der Waals surface area contributed by atoms with Crippen molar-refractivity contribution < 1.29 is 14.3 Å². The number of carbonyl (C=O) groups excluding carboxylic acids is 2. The Morgan fingerprint density at radius 1 is 1.27 bits per heavy atom. The summed E-state index contributed by atoms with van der Waals surface area (Å²) in [7, 11) is 1.58.